The van der Waals surface area contributed by atoms with Crippen molar-refractivity contribution in [3.05, 3.63) is 70.2 Å². The van der Waals surface area contributed by atoms with Gasteiger partial charge in [-0.15, -0.1) is 10.2 Å². The number of aromatic nitrogens is 2. The third-order valence-corrected chi connectivity index (χ3v) is 4.21. The molecule has 3 rings (SSSR count). The number of methoxy groups -OCH3 is 1. The summed E-state index contributed by atoms with van der Waals surface area (Å²) in [5, 5.41) is 11.6. The molecule has 0 aliphatic rings. The van der Waals surface area contributed by atoms with Crippen LogP contribution in [0.3, 0.4) is 0 Å². The number of benzene rings is 2. The van der Waals surface area contributed by atoms with Crippen molar-refractivity contribution in [2.75, 3.05) is 12.4 Å². The molecule has 0 atom stereocenters. The van der Waals surface area contributed by atoms with Crippen LogP contribution in [0.5, 0.6) is 5.88 Å². The molecular formula is C18H13Cl2N3O2. The Morgan fingerprint density at radius 1 is 0.960 bits per heavy atom. The summed E-state index contributed by atoms with van der Waals surface area (Å²) in [6.07, 6.45) is 0. The fourth-order valence-electron chi connectivity index (χ4n) is 2.15. The van der Waals surface area contributed by atoms with E-state index in [9.17, 15) is 4.79 Å². The molecule has 0 saturated carbocycles. The van der Waals surface area contributed by atoms with Gasteiger partial charge in [0.1, 0.15) is 0 Å². The lowest BCUT2D eigenvalue weighted by Crippen LogP contribution is -2.11. The van der Waals surface area contributed by atoms with Gasteiger partial charge < -0.3 is 10.1 Å². The fraction of sp³-hybridized carbons (Fsp3) is 0.0556. The van der Waals surface area contributed by atoms with Crippen LogP contribution in [0.15, 0.2) is 54.6 Å². The molecule has 7 heteroatoms. The Labute approximate surface area is 154 Å². The van der Waals surface area contributed by atoms with Crippen molar-refractivity contribution >= 4 is 34.8 Å². The molecule has 0 radical (unpaired) electrons. The van der Waals surface area contributed by atoms with Gasteiger partial charge in [0.15, 0.2) is 0 Å². The number of carbonyl (C=O) groups is 1. The summed E-state index contributed by atoms with van der Waals surface area (Å²) in [6.45, 7) is 0. The van der Waals surface area contributed by atoms with Crippen molar-refractivity contribution in [1.29, 1.82) is 0 Å². The molecule has 0 unspecified atom stereocenters. The maximum absolute atomic E-state index is 12.3. The predicted octanol–water partition coefficient (Wildman–Crippen LogP) is 4.71. The second-order valence-corrected chi connectivity index (χ2v) is 5.94. The molecule has 0 fully saturated rings. The van der Waals surface area contributed by atoms with Gasteiger partial charge in [-0.05, 0) is 36.4 Å². The van der Waals surface area contributed by atoms with Crippen LogP contribution in [0, 0.1) is 0 Å². The third kappa shape index (κ3) is 4.07. The zero-order valence-corrected chi connectivity index (χ0v) is 14.7. The van der Waals surface area contributed by atoms with Crippen molar-refractivity contribution in [3.63, 3.8) is 0 Å². The summed E-state index contributed by atoms with van der Waals surface area (Å²) >= 11 is 11.8. The summed E-state index contributed by atoms with van der Waals surface area (Å²) in [4.78, 5) is 12.3. The number of amides is 1. The zero-order valence-electron chi connectivity index (χ0n) is 13.2. The van der Waals surface area contributed by atoms with Crippen molar-refractivity contribution in [2.24, 2.45) is 0 Å². The Hall–Kier alpha value is -2.63. The second-order valence-electron chi connectivity index (χ2n) is 5.12. The maximum atomic E-state index is 12.3. The lowest BCUT2D eigenvalue weighted by molar-refractivity contribution is 0.102. The minimum absolute atomic E-state index is 0.268. The Bertz CT molecular complexity index is 897. The first-order valence-electron chi connectivity index (χ1n) is 7.31. The van der Waals surface area contributed by atoms with Crippen molar-refractivity contribution in [2.45, 2.75) is 0 Å². The molecule has 5 nitrogen and oxygen atoms in total. The highest BCUT2D eigenvalue weighted by molar-refractivity contribution is 6.42. The predicted molar refractivity (Wildman–Crippen MR) is 98.4 cm³/mol. The highest BCUT2D eigenvalue weighted by Gasteiger charge is 2.09. The molecule has 1 aromatic heterocycles. The van der Waals surface area contributed by atoms with Crippen molar-refractivity contribution in [3.8, 4) is 17.1 Å². The van der Waals surface area contributed by atoms with E-state index in [1.54, 1.807) is 30.3 Å². The molecule has 25 heavy (non-hydrogen) atoms. The lowest BCUT2D eigenvalue weighted by Gasteiger charge is -2.07. The number of nitrogens with one attached hydrogen (secondary N) is 1. The molecule has 0 bridgehead atoms. The Balaban J connectivity index is 1.73. The van der Waals surface area contributed by atoms with Gasteiger partial charge >= 0.3 is 0 Å². The summed E-state index contributed by atoms with van der Waals surface area (Å²) < 4.78 is 4.99. The van der Waals surface area contributed by atoms with Crippen LogP contribution in [-0.4, -0.2) is 23.2 Å². The number of hydrogen-bond acceptors (Lipinski definition) is 4. The largest absolute Gasteiger partial charge is 0.480 e. The normalized spacial score (nSPS) is 10.4. The molecule has 0 spiro atoms. The molecule has 1 N–H and O–H groups in total. The van der Waals surface area contributed by atoms with E-state index >= 15 is 0 Å². The minimum atomic E-state index is -0.268. The molecule has 1 heterocycles. The van der Waals surface area contributed by atoms with Crippen molar-refractivity contribution in [1.82, 2.24) is 10.2 Å². The number of anilines is 1. The van der Waals surface area contributed by atoms with Crippen LogP contribution in [-0.2, 0) is 0 Å². The van der Waals surface area contributed by atoms with E-state index in [2.05, 4.69) is 15.5 Å². The first-order valence-corrected chi connectivity index (χ1v) is 8.07. The molecule has 1 amide bonds. The number of hydrogen-bond donors (Lipinski definition) is 1. The first-order chi connectivity index (χ1) is 12.1. The van der Waals surface area contributed by atoms with Crippen LogP contribution in [0.1, 0.15) is 10.4 Å². The van der Waals surface area contributed by atoms with E-state index in [1.165, 1.54) is 13.2 Å². The number of nitrogens with zero attached hydrogens (tertiary/aromatic N) is 2. The van der Waals surface area contributed by atoms with Gasteiger partial charge in [-0.25, -0.2) is 0 Å². The smallest absolute Gasteiger partial charge is 0.255 e. The zero-order chi connectivity index (χ0) is 17.8. The Morgan fingerprint density at radius 2 is 1.72 bits per heavy atom. The molecule has 126 valence electrons. The standard InChI is InChI=1S/C18H13Cl2N3O2/c1-25-17-9-8-16(22-23-17)11-2-5-13(6-3-11)21-18(24)12-4-7-14(19)15(20)10-12/h2-10H,1H3,(H,21,24). The summed E-state index contributed by atoms with van der Waals surface area (Å²) in [7, 11) is 1.54. The number of halogens is 2. The average molecular weight is 374 g/mol. The van der Waals surface area contributed by atoms with Gasteiger partial charge in [0.05, 0.1) is 22.8 Å². The quantitative estimate of drug-likeness (QED) is 0.718. The maximum Gasteiger partial charge on any atom is 0.255 e. The summed E-state index contributed by atoms with van der Waals surface area (Å²) in [5.74, 6) is 0.185. The van der Waals surface area contributed by atoms with Gasteiger partial charge in [0.25, 0.3) is 5.91 Å². The molecule has 0 aliphatic carbocycles. The van der Waals surface area contributed by atoms with E-state index in [1.807, 2.05) is 18.2 Å². The second kappa shape index (κ2) is 7.51. The Morgan fingerprint density at radius 3 is 2.32 bits per heavy atom. The molecule has 2 aromatic carbocycles. The minimum Gasteiger partial charge on any atom is -0.480 e. The number of rotatable bonds is 4. The Kier molecular flexibility index (Phi) is 5.16. The van der Waals surface area contributed by atoms with Crippen LogP contribution < -0.4 is 10.1 Å². The van der Waals surface area contributed by atoms with Gasteiger partial charge in [0, 0.05) is 22.9 Å². The van der Waals surface area contributed by atoms with Gasteiger partial charge in [-0.3, -0.25) is 4.79 Å². The van der Waals surface area contributed by atoms with Gasteiger partial charge in [0.2, 0.25) is 5.88 Å². The number of carbonyl (C=O) groups excluding carboxylic acids is 1. The molecular weight excluding hydrogens is 361 g/mol. The monoisotopic (exact) mass is 373 g/mol. The SMILES string of the molecule is COc1ccc(-c2ccc(NC(=O)c3ccc(Cl)c(Cl)c3)cc2)nn1. The third-order valence-electron chi connectivity index (χ3n) is 3.47. The van der Waals surface area contributed by atoms with E-state index < -0.39 is 0 Å². The van der Waals surface area contributed by atoms with Gasteiger partial charge in [-0.1, -0.05) is 35.3 Å². The summed E-state index contributed by atoms with van der Waals surface area (Å²) in [5.41, 5.74) is 2.67. The summed E-state index contributed by atoms with van der Waals surface area (Å²) in [6, 6.07) is 15.6. The lowest BCUT2D eigenvalue weighted by atomic mass is 10.1. The van der Waals surface area contributed by atoms with Crippen LogP contribution in [0.2, 0.25) is 10.0 Å². The highest BCUT2D eigenvalue weighted by Crippen LogP contribution is 2.24. The highest BCUT2D eigenvalue weighted by atomic mass is 35.5. The van der Waals surface area contributed by atoms with Crippen molar-refractivity contribution < 1.29 is 9.53 Å². The van der Waals surface area contributed by atoms with Crippen LogP contribution >= 0.6 is 23.2 Å². The molecule has 0 aliphatic heterocycles. The van der Waals surface area contributed by atoms with Gasteiger partial charge in [-0.2, -0.15) is 0 Å². The van der Waals surface area contributed by atoms with Crippen LogP contribution in [0.25, 0.3) is 11.3 Å². The fourth-order valence-corrected chi connectivity index (χ4v) is 2.45. The number of ether oxygens (including phenoxy) is 1. The van der Waals surface area contributed by atoms with E-state index in [0.717, 1.165) is 5.56 Å². The first kappa shape index (κ1) is 17.2. The molecule has 0 saturated heterocycles. The van der Waals surface area contributed by atoms with Crippen LogP contribution in [0.4, 0.5) is 5.69 Å². The topological polar surface area (TPSA) is 64.1 Å². The van der Waals surface area contributed by atoms with E-state index in [0.29, 0.717) is 32.9 Å². The molecule has 3 aromatic rings. The van der Waals surface area contributed by atoms with E-state index in [-0.39, 0.29) is 5.91 Å². The average Bonchev–Trinajstić information content (AvgIpc) is 2.64. The van der Waals surface area contributed by atoms with E-state index in [4.69, 9.17) is 27.9 Å².